The predicted molar refractivity (Wildman–Crippen MR) is 66.6 cm³/mol. The molecule has 0 radical (unpaired) electrons. The Labute approximate surface area is 109 Å². The molecule has 0 aliphatic carbocycles. The monoisotopic (exact) mass is 264 g/mol. The van der Waals surface area contributed by atoms with Crippen molar-refractivity contribution in [1.82, 2.24) is 10.6 Å². The highest BCUT2D eigenvalue weighted by Gasteiger charge is 2.18. The van der Waals surface area contributed by atoms with Crippen LogP contribution in [0.15, 0.2) is 24.3 Å². The van der Waals surface area contributed by atoms with Crippen LogP contribution in [0.25, 0.3) is 0 Å². The van der Waals surface area contributed by atoms with Crippen LogP contribution in [0.2, 0.25) is 0 Å². The first-order valence-corrected chi connectivity index (χ1v) is 5.48. The lowest BCUT2D eigenvalue weighted by atomic mass is 10.2. The number of benzene rings is 1. The molecule has 5 nitrogen and oxygen atoms in total. The van der Waals surface area contributed by atoms with Crippen molar-refractivity contribution in [3.63, 3.8) is 0 Å². The van der Waals surface area contributed by atoms with Crippen molar-refractivity contribution in [2.45, 2.75) is 19.0 Å². The first-order chi connectivity index (χ1) is 9.04. The number of rotatable bonds is 5. The zero-order valence-corrected chi connectivity index (χ0v) is 10.0. The van der Waals surface area contributed by atoms with E-state index in [1.165, 1.54) is 18.2 Å². The summed E-state index contributed by atoms with van der Waals surface area (Å²) in [6.45, 7) is -0.0408. The van der Waals surface area contributed by atoms with E-state index in [0.29, 0.717) is 5.56 Å². The van der Waals surface area contributed by atoms with E-state index in [9.17, 15) is 14.0 Å². The van der Waals surface area contributed by atoms with Gasteiger partial charge in [0.2, 0.25) is 0 Å². The van der Waals surface area contributed by atoms with Crippen molar-refractivity contribution in [2.75, 3.05) is 0 Å². The lowest BCUT2D eigenvalue weighted by Crippen LogP contribution is -2.45. The van der Waals surface area contributed by atoms with Gasteiger partial charge in [0.25, 0.3) is 0 Å². The lowest BCUT2D eigenvalue weighted by molar-refractivity contribution is -0.139. The summed E-state index contributed by atoms with van der Waals surface area (Å²) < 4.78 is 13.3. The summed E-state index contributed by atoms with van der Waals surface area (Å²) in [4.78, 5) is 22.2. The zero-order valence-electron chi connectivity index (χ0n) is 10.0. The number of carbonyl (C=O) groups excluding carboxylic acids is 1. The molecule has 0 saturated carbocycles. The lowest BCUT2D eigenvalue weighted by Gasteiger charge is -2.13. The maximum absolute atomic E-state index is 13.3. The number of carboxylic acid groups (broad SMARTS) is 1. The van der Waals surface area contributed by atoms with Crippen molar-refractivity contribution in [1.29, 1.82) is 0 Å². The number of carbonyl (C=O) groups is 2. The van der Waals surface area contributed by atoms with Gasteiger partial charge in [0.15, 0.2) is 0 Å². The molecular weight excluding hydrogens is 251 g/mol. The minimum Gasteiger partial charge on any atom is -0.480 e. The number of terminal acetylenes is 1. The third kappa shape index (κ3) is 4.68. The first-order valence-electron chi connectivity index (χ1n) is 5.48. The van der Waals surface area contributed by atoms with Gasteiger partial charge in [0, 0.05) is 18.5 Å². The standard InChI is InChI=1S/C13H13FN2O3/c1-2-5-11(12(17)18)16-13(19)15-8-9-6-3-4-7-10(9)14/h1,3-4,6-7,11H,5,8H2,(H,17,18)(H2,15,16,19). The second kappa shape index (κ2) is 7.01. The first kappa shape index (κ1) is 14.5. The minimum atomic E-state index is -1.22. The Balaban J connectivity index is 2.50. The fourth-order valence-electron chi connectivity index (χ4n) is 1.34. The normalized spacial score (nSPS) is 11.2. The molecule has 0 saturated heterocycles. The summed E-state index contributed by atoms with van der Waals surface area (Å²) in [7, 11) is 0. The topological polar surface area (TPSA) is 78.4 Å². The van der Waals surface area contributed by atoms with E-state index in [2.05, 4.69) is 16.6 Å². The van der Waals surface area contributed by atoms with Crippen LogP contribution in [0.1, 0.15) is 12.0 Å². The highest BCUT2D eigenvalue weighted by Crippen LogP contribution is 2.05. The Morgan fingerprint density at radius 1 is 1.42 bits per heavy atom. The molecule has 0 heterocycles. The van der Waals surface area contributed by atoms with E-state index in [0.717, 1.165) is 0 Å². The van der Waals surface area contributed by atoms with E-state index >= 15 is 0 Å². The van der Waals surface area contributed by atoms with Crippen molar-refractivity contribution in [3.05, 3.63) is 35.6 Å². The van der Waals surface area contributed by atoms with Gasteiger partial charge >= 0.3 is 12.0 Å². The van der Waals surface area contributed by atoms with Crippen LogP contribution in [-0.2, 0) is 11.3 Å². The van der Waals surface area contributed by atoms with E-state index in [1.807, 2.05) is 0 Å². The molecule has 0 aromatic heterocycles. The van der Waals surface area contributed by atoms with Crippen LogP contribution in [0.3, 0.4) is 0 Å². The molecule has 1 atom stereocenters. The van der Waals surface area contributed by atoms with Crippen LogP contribution < -0.4 is 10.6 Å². The van der Waals surface area contributed by atoms with Crippen LogP contribution in [0, 0.1) is 18.2 Å². The Hall–Kier alpha value is -2.55. The summed E-state index contributed by atoms with van der Waals surface area (Å²) in [5, 5.41) is 13.3. The molecule has 0 aliphatic rings. The highest BCUT2D eigenvalue weighted by atomic mass is 19.1. The SMILES string of the molecule is C#CCC(NC(=O)NCc1ccccc1F)C(=O)O. The number of urea groups is 1. The van der Waals surface area contributed by atoms with E-state index in [-0.39, 0.29) is 13.0 Å². The van der Waals surface area contributed by atoms with Gasteiger partial charge in [-0.05, 0) is 6.07 Å². The maximum Gasteiger partial charge on any atom is 0.327 e. The van der Waals surface area contributed by atoms with Crippen molar-refractivity contribution >= 4 is 12.0 Å². The summed E-state index contributed by atoms with van der Waals surface area (Å²) in [5.41, 5.74) is 0.307. The molecule has 19 heavy (non-hydrogen) atoms. The molecule has 0 bridgehead atoms. The summed E-state index contributed by atoms with van der Waals surface area (Å²) in [5.74, 6) is 0.488. The number of amides is 2. The number of halogens is 1. The smallest absolute Gasteiger partial charge is 0.327 e. The van der Waals surface area contributed by atoms with Gasteiger partial charge in [-0.1, -0.05) is 18.2 Å². The number of aliphatic carboxylic acids is 1. The molecule has 0 aliphatic heterocycles. The fourth-order valence-corrected chi connectivity index (χ4v) is 1.34. The quantitative estimate of drug-likeness (QED) is 0.697. The van der Waals surface area contributed by atoms with Crippen LogP contribution >= 0.6 is 0 Å². The van der Waals surface area contributed by atoms with Crippen molar-refractivity contribution in [3.8, 4) is 12.3 Å². The van der Waals surface area contributed by atoms with Gasteiger partial charge < -0.3 is 15.7 Å². The molecule has 100 valence electrons. The highest BCUT2D eigenvalue weighted by molar-refractivity contribution is 5.82. The molecule has 3 N–H and O–H groups in total. The minimum absolute atomic E-state index is 0.0408. The van der Waals surface area contributed by atoms with Gasteiger partial charge in [-0.3, -0.25) is 0 Å². The fraction of sp³-hybridized carbons (Fsp3) is 0.231. The summed E-state index contributed by atoms with van der Waals surface area (Å²) >= 11 is 0. The van der Waals surface area contributed by atoms with E-state index in [1.54, 1.807) is 6.07 Å². The number of hydrogen-bond donors (Lipinski definition) is 3. The Bertz CT molecular complexity index is 511. The van der Waals surface area contributed by atoms with Crippen molar-refractivity contribution < 1.29 is 19.1 Å². The molecule has 0 spiro atoms. The van der Waals surface area contributed by atoms with Crippen molar-refractivity contribution in [2.24, 2.45) is 0 Å². The van der Waals surface area contributed by atoms with Gasteiger partial charge in [-0.25, -0.2) is 14.0 Å². The molecule has 1 rings (SSSR count). The van der Waals surface area contributed by atoms with Crippen LogP contribution in [0.4, 0.5) is 9.18 Å². The van der Waals surface area contributed by atoms with Crippen LogP contribution in [0.5, 0.6) is 0 Å². The van der Waals surface area contributed by atoms with Gasteiger partial charge in [0.1, 0.15) is 11.9 Å². The Morgan fingerprint density at radius 3 is 2.68 bits per heavy atom. The second-order valence-corrected chi connectivity index (χ2v) is 3.72. The molecule has 0 fully saturated rings. The number of nitrogens with one attached hydrogen (secondary N) is 2. The average Bonchev–Trinajstić information content (AvgIpc) is 2.37. The second-order valence-electron chi connectivity index (χ2n) is 3.72. The Morgan fingerprint density at radius 2 is 2.11 bits per heavy atom. The van der Waals surface area contributed by atoms with Gasteiger partial charge in [-0.15, -0.1) is 12.3 Å². The van der Waals surface area contributed by atoms with Gasteiger partial charge in [-0.2, -0.15) is 0 Å². The van der Waals surface area contributed by atoms with Gasteiger partial charge in [0.05, 0.1) is 0 Å². The van der Waals surface area contributed by atoms with E-state index in [4.69, 9.17) is 11.5 Å². The average molecular weight is 264 g/mol. The van der Waals surface area contributed by atoms with E-state index < -0.39 is 23.9 Å². The third-order valence-electron chi connectivity index (χ3n) is 2.32. The number of hydrogen-bond acceptors (Lipinski definition) is 2. The molecule has 1 aromatic rings. The molecule has 1 unspecified atom stereocenters. The molecular formula is C13H13FN2O3. The number of carboxylic acids is 1. The molecule has 2 amide bonds. The molecule has 1 aromatic carbocycles. The maximum atomic E-state index is 13.3. The largest absolute Gasteiger partial charge is 0.480 e. The predicted octanol–water partition coefficient (Wildman–Crippen LogP) is 1.10. The summed E-state index contributed by atoms with van der Waals surface area (Å²) in [6.07, 6.45) is 4.87. The van der Waals surface area contributed by atoms with Crippen LogP contribution in [-0.4, -0.2) is 23.1 Å². The zero-order chi connectivity index (χ0) is 14.3. The molecule has 6 heteroatoms. The Kier molecular flexibility index (Phi) is 5.35. The summed E-state index contributed by atoms with van der Waals surface area (Å²) in [6, 6.07) is 4.08. The third-order valence-corrected chi connectivity index (χ3v) is 2.32.